The number of aliphatic hydroxyl groups excluding tert-OH is 1. The van der Waals surface area contributed by atoms with Crippen LogP contribution in [0.5, 0.6) is 0 Å². The number of hydrogen-bond acceptors (Lipinski definition) is 4. The van der Waals surface area contributed by atoms with Gasteiger partial charge in [-0.1, -0.05) is 6.92 Å². The predicted molar refractivity (Wildman–Crippen MR) is 74.1 cm³/mol. The van der Waals surface area contributed by atoms with E-state index >= 15 is 0 Å². The van der Waals surface area contributed by atoms with Crippen molar-refractivity contribution < 1.29 is 14.6 Å². The molecule has 1 N–H and O–H groups in total. The van der Waals surface area contributed by atoms with Crippen molar-refractivity contribution >= 4 is 5.91 Å². The predicted octanol–water partition coefficient (Wildman–Crippen LogP) is 0.207. The van der Waals surface area contributed by atoms with Crippen LogP contribution in [-0.2, 0) is 23.0 Å². The molecule has 2 heterocycles. The molecular formula is C14H23N3O3. The quantitative estimate of drug-likeness (QED) is 0.837. The maximum Gasteiger partial charge on any atom is 0.251 e. The number of aliphatic hydroxyl groups is 1. The van der Waals surface area contributed by atoms with Gasteiger partial charge in [-0.15, -0.1) is 0 Å². The molecule has 3 unspecified atom stereocenters. The molecule has 0 spiro atoms. The summed E-state index contributed by atoms with van der Waals surface area (Å²) < 4.78 is 7.39. The lowest BCUT2D eigenvalue weighted by atomic mass is 10.1. The Labute approximate surface area is 119 Å². The fourth-order valence-corrected chi connectivity index (χ4v) is 2.52. The smallest absolute Gasteiger partial charge is 0.251 e. The number of aromatic nitrogens is 2. The van der Waals surface area contributed by atoms with Crippen LogP contribution in [0.4, 0.5) is 0 Å². The minimum Gasteiger partial charge on any atom is -0.383 e. The Kier molecular flexibility index (Phi) is 4.77. The molecule has 0 saturated carbocycles. The third-order valence-corrected chi connectivity index (χ3v) is 3.58. The number of likely N-dealkylation sites (N-methyl/N-ethyl adjacent to an activating group) is 1. The highest BCUT2D eigenvalue weighted by Crippen LogP contribution is 2.19. The van der Waals surface area contributed by atoms with Crippen molar-refractivity contribution in [2.24, 2.45) is 13.0 Å². The Bertz CT molecular complexity index is 460. The Morgan fingerprint density at radius 3 is 3.00 bits per heavy atom. The van der Waals surface area contributed by atoms with E-state index in [2.05, 4.69) is 11.9 Å². The van der Waals surface area contributed by atoms with Gasteiger partial charge in [0, 0.05) is 39.9 Å². The number of aryl methyl sites for hydroxylation is 1. The van der Waals surface area contributed by atoms with E-state index in [1.165, 1.54) is 0 Å². The molecule has 6 heteroatoms. The van der Waals surface area contributed by atoms with Gasteiger partial charge in [-0.2, -0.15) is 0 Å². The summed E-state index contributed by atoms with van der Waals surface area (Å²) in [6.07, 6.45) is 3.71. The van der Waals surface area contributed by atoms with E-state index in [9.17, 15) is 9.90 Å². The number of nitrogens with zero attached hydrogens (tertiary/aromatic N) is 3. The maximum atomic E-state index is 12.1. The summed E-state index contributed by atoms with van der Waals surface area (Å²) in [6.45, 7) is 3.42. The largest absolute Gasteiger partial charge is 0.383 e. The van der Waals surface area contributed by atoms with E-state index < -0.39 is 6.10 Å². The second-order valence-corrected chi connectivity index (χ2v) is 5.77. The first-order chi connectivity index (χ1) is 9.45. The van der Waals surface area contributed by atoms with E-state index in [0.29, 0.717) is 18.2 Å². The van der Waals surface area contributed by atoms with Gasteiger partial charge in [0.2, 0.25) is 0 Å². The van der Waals surface area contributed by atoms with Gasteiger partial charge in [-0.25, -0.2) is 4.98 Å². The molecule has 1 aliphatic rings. The Hall–Kier alpha value is -1.40. The fourth-order valence-electron chi connectivity index (χ4n) is 2.52. The minimum atomic E-state index is -1.05. The zero-order chi connectivity index (χ0) is 14.7. The van der Waals surface area contributed by atoms with Crippen LogP contribution >= 0.6 is 0 Å². The van der Waals surface area contributed by atoms with Crippen molar-refractivity contribution in [3.05, 3.63) is 18.2 Å². The number of carbonyl (C=O) groups is 1. The maximum absolute atomic E-state index is 12.1. The molecule has 3 atom stereocenters. The van der Waals surface area contributed by atoms with Gasteiger partial charge in [0.05, 0.1) is 18.1 Å². The number of imidazole rings is 1. The molecule has 0 radical (unpaired) electrons. The Balaban J connectivity index is 1.83. The van der Waals surface area contributed by atoms with Crippen LogP contribution < -0.4 is 0 Å². The molecule has 0 aromatic carbocycles. The second-order valence-electron chi connectivity index (χ2n) is 5.77. The summed E-state index contributed by atoms with van der Waals surface area (Å²) in [5, 5.41) is 10.00. The highest BCUT2D eigenvalue weighted by atomic mass is 16.5. The van der Waals surface area contributed by atoms with Crippen molar-refractivity contribution in [1.82, 2.24) is 14.5 Å². The van der Waals surface area contributed by atoms with Crippen molar-refractivity contribution in [3.63, 3.8) is 0 Å². The van der Waals surface area contributed by atoms with E-state index in [1.807, 2.05) is 7.05 Å². The van der Waals surface area contributed by atoms with E-state index in [0.717, 1.165) is 13.0 Å². The Morgan fingerprint density at radius 1 is 1.70 bits per heavy atom. The van der Waals surface area contributed by atoms with Gasteiger partial charge in [0.15, 0.2) is 0 Å². The van der Waals surface area contributed by atoms with Crippen LogP contribution in [0.15, 0.2) is 12.5 Å². The molecule has 2 rings (SSSR count). The lowest BCUT2D eigenvalue weighted by molar-refractivity contribution is -0.140. The zero-order valence-corrected chi connectivity index (χ0v) is 12.3. The van der Waals surface area contributed by atoms with Gasteiger partial charge < -0.3 is 19.3 Å². The molecule has 1 aromatic rings. The molecule has 0 bridgehead atoms. The molecule has 0 aliphatic carbocycles. The van der Waals surface area contributed by atoms with Crippen molar-refractivity contribution in [1.29, 1.82) is 0 Å². The van der Waals surface area contributed by atoms with Crippen LogP contribution in [0.2, 0.25) is 0 Å². The third kappa shape index (κ3) is 3.80. The average molecular weight is 281 g/mol. The second kappa shape index (κ2) is 6.37. The molecule has 1 aromatic heterocycles. The zero-order valence-electron chi connectivity index (χ0n) is 12.3. The molecule has 1 aliphatic heterocycles. The standard InChI is InChI=1S/C14H23N3O3/c1-10-4-12(20-8-10)7-17(3)14(19)13(18)5-11-6-16(2)9-15-11/h6,9-10,12-13,18H,4-5,7-8H2,1-3H3. The number of amides is 1. The number of rotatable bonds is 5. The van der Waals surface area contributed by atoms with Gasteiger partial charge in [0.25, 0.3) is 5.91 Å². The summed E-state index contributed by atoms with van der Waals surface area (Å²) in [7, 11) is 3.56. The monoisotopic (exact) mass is 281 g/mol. The summed E-state index contributed by atoms with van der Waals surface area (Å²) >= 11 is 0. The highest BCUT2D eigenvalue weighted by Gasteiger charge is 2.27. The summed E-state index contributed by atoms with van der Waals surface area (Å²) in [4.78, 5) is 17.8. The first-order valence-electron chi connectivity index (χ1n) is 6.97. The lowest BCUT2D eigenvalue weighted by Gasteiger charge is -2.23. The van der Waals surface area contributed by atoms with Crippen molar-refractivity contribution in [3.8, 4) is 0 Å². The molecular weight excluding hydrogens is 258 g/mol. The van der Waals surface area contributed by atoms with Crippen LogP contribution in [0, 0.1) is 5.92 Å². The van der Waals surface area contributed by atoms with Crippen LogP contribution in [0.1, 0.15) is 19.0 Å². The van der Waals surface area contributed by atoms with Crippen LogP contribution in [0.25, 0.3) is 0 Å². The molecule has 1 saturated heterocycles. The minimum absolute atomic E-state index is 0.0843. The summed E-state index contributed by atoms with van der Waals surface area (Å²) in [6, 6.07) is 0. The van der Waals surface area contributed by atoms with Crippen molar-refractivity contribution in [2.75, 3.05) is 20.2 Å². The van der Waals surface area contributed by atoms with Gasteiger partial charge in [0.1, 0.15) is 6.10 Å². The van der Waals surface area contributed by atoms with Gasteiger partial charge in [-0.3, -0.25) is 4.79 Å². The molecule has 1 fully saturated rings. The topological polar surface area (TPSA) is 67.6 Å². The lowest BCUT2D eigenvalue weighted by Crippen LogP contribution is -2.41. The van der Waals surface area contributed by atoms with Crippen LogP contribution in [-0.4, -0.2) is 57.9 Å². The molecule has 6 nitrogen and oxygen atoms in total. The summed E-state index contributed by atoms with van der Waals surface area (Å²) in [5.74, 6) is 0.265. The van der Waals surface area contributed by atoms with Crippen LogP contribution in [0.3, 0.4) is 0 Å². The SMILES string of the molecule is CC1COC(CN(C)C(=O)C(O)Cc2cn(C)cn2)C1. The van der Waals surface area contributed by atoms with E-state index in [-0.39, 0.29) is 18.4 Å². The third-order valence-electron chi connectivity index (χ3n) is 3.58. The molecule has 20 heavy (non-hydrogen) atoms. The number of hydrogen-bond donors (Lipinski definition) is 1. The molecule has 112 valence electrons. The normalized spacial score (nSPS) is 23.8. The summed E-state index contributed by atoms with van der Waals surface area (Å²) in [5.41, 5.74) is 0.715. The van der Waals surface area contributed by atoms with Gasteiger partial charge in [-0.05, 0) is 12.3 Å². The first kappa shape index (κ1) is 15.0. The first-order valence-corrected chi connectivity index (χ1v) is 6.97. The fraction of sp³-hybridized carbons (Fsp3) is 0.714. The van der Waals surface area contributed by atoms with E-state index in [4.69, 9.17) is 4.74 Å². The van der Waals surface area contributed by atoms with Gasteiger partial charge >= 0.3 is 0 Å². The average Bonchev–Trinajstić information content (AvgIpc) is 2.97. The number of carbonyl (C=O) groups excluding carboxylic acids is 1. The van der Waals surface area contributed by atoms with E-state index in [1.54, 1.807) is 29.0 Å². The molecule has 1 amide bonds. The number of ether oxygens (including phenoxy) is 1. The van der Waals surface area contributed by atoms with Crippen molar-refractivity contribution in [2.45, 2.75) is 32.0 Å². The highest BCUT2D eigenvalue weighted by molar-refractivity contribution is 5.80. The Morgan fingerprint density at radius 2 is 2.45 bits per heavy atom.